The summed E-state index contributed by atoms with van der Waals surface area (Å²) >= 11 is 0.487. The first-order chi connectivity index (χ1) is 9.47. The largest absolute Gasteiger partial charge is 0.478 e. The van der Waals surface area contributed by atoms with Crippen LogP contribution in [0.2, 0.25) is 0 Å². The molecule has 0 fully saturated rings. The van der Waals surface area contributed by atoms with Crippen LogP contribution >= 0.6 is 11.8 Å². The van der Waals surface area contributed by atoms with E-state index in [4.69, 9.17) is 5.11 Å². The van der Waals surface area contributed by atoms with E-state index in [1.54, 1.807) is 42.5 Å². The SMILES string of the molecule is Cc1ccc(C(=O)O)cc1-c1ccc(SC(F)F)cc1. The van der Waals surface area contributed by atoms with E-state index in [-0.39, 0.29) is 5.56 Å². The van der Waals surface area contributed by atoms with Gasteiger partial charge in [-0.1, -0.05) is 30.0 Å². The van der Waals surface area contributed by atoms with Gasteiger partial charge in [-0.15, -0.1) is 0 Å². The van der Waals surface area contributed by atoms with Gasteiger partial charge in [0.05, 0.1) is 5.56 Å². The van der Waals surface area contributed by atoms with Crippen LogP contribution < -0.4 is 0 Å². The fourth-order valence-corrected chi connectivity index (χ4v) is 2.38. The molecule has 5 heteroatoms. The molecule has 0 aromatic heterocycles. The summed E-state index contributed by atoms with van der Waals surface area (Å²) in [5.74, 6) is -3.44. The Balaban J connectivity index is 2.36. The van der Waals surface area contributed by atoms with Crippen LogP contribution in [0.3, 0.4) is 0 Å². The van der Waals surface area contributed by atoms with Crippen molar-refractivity contribution in [2.75, 3.05) is 0 Å². The van der Waals surface area contributed by atoms with E-state index in [1.165, 1.54) is 0 Å². The standard InChI is InChI=1S/C15H12F2O2S/c1-9-2-3-11(14(18)19)8-13(9)10-4-6-12(7-5-10)20-15(16)17/h2-8,15H,1H3,(H,18,19). The van der Waals surface area contributed by atoms with E-state index in [1.807, 2.05) is 6.92 Å². The third-order valence-corrected chi connectivity index (χ3v) is 3.60. The van der Waals surface area contributed by atoms with Crippen LogP contribution in [-0.4, -0.2) is 16.8 Å². The molecule has 2 rings (SSSR count). The predicted octanol–water partition coefficient (Wildman–Crippen LogP) is 4.67. The molecule has 0 radical (unpaired) electrons. The van der Waals surface area contributed by atoms with Gasteiger partial charge < -0.3 is 5.11 Å². The first kappa shape index (κ1) is 14.5. The second-order valence-corrected chi connectivity index (χ2v) is 5.30. The molecule has 0 unspecified atom stereocenters. The highest BCUT2D eigenvalue weighted by Crippen LogP contribution is 2.29. The topological polar surface area (TPSA) is 37.3 Å². The number of alkyl halides is 2. The van der Waals surface area contributed by atoms with E-state index >= 15 is 0 Å². The fraction of sp³-hybridized carbons (Fsp3) is 0.133. The van der Waals surface area contributed by atoms with Crippen LogP contribution in [0.1, 0.15) is 15.9 Å². The van der Waals surface area contributed by atoms with E-state index in [9.17, 15) is 13.6 Å². The number of hydrogen-bond donors (Lipinski definition) is 1. The molecule has 0 atom stereocenters. The van der Waals surface area contributed by atoms with Crippen molar-refractivity contribution >= 4 is 17.7 Å². The lowest BCUT2D eigenvalue weighted by molar-refractivity contribution is 0.0697. The average molecular weight is 294 g/mol. The highest BCUT2D eigenvalue weighted by Gasteiger charge is 2.09. The molecule has 104 valence electrons. The maximum absolute atomic E-state index is 12.2. The number of hydrogen-bond acceptors (Lipinski definition) is 2. The molecular formula is C15H12F2O2S. The molecule has 0 saturated carbocycles. The average Bonchev–Trinajstić information content (AvgIpc) is 2.39. The molecule has 0 spiro atoms. The van der Waals surface area contributed by atoms with E-state index in [0.29, 0.717) is 16.7 Å². The minimum absolute atomic E-state index is 0.205. The summed E-state index contributed by atoms with van der Waals surface area (Å²) in [5, 5.41) is 9.00. The molecule has 2 aromatic rings. The summed E-state index contributed by atoms with van der Waals surface area (Å²) in [7, 11) is 0. The molecule has 0 saturated heterocycles. The van der Waals surface area contributed by atoms with Crippen LogP contribution in [0, 0.1) is 6.92 Å². The zero-order chi connectivity index (χ0) is 14.7. The van der Waals surface area contributed by atoms with Crippen molar-refractivity contribution < 1.29 is 18.7 Å². The van der Waals surface area contributed by atoms with Crippen molar-refractivity contribution in [2.45, 2.75) is 17.6 Å². The third kappa shape index (κ3) is 3.36. The zero-order valence-electron chi connectivity index (χ0n) is 10.6. The molecule has 2 nitrogen and oxygen atoms in total. The van der Waals surface area contributed by atoms with Gasteiger partial charge in [-0.25, -0.2) is 4.79 Å². The molecule has 0 amide bonds. The molecule has 0 bridgehead atoms. The monoisotopic (exact) mass is 294 g/mol. The second-order valence-electron chi connectivity index (χ2n) is 4.24. The van der Waals surface area contributed by atoms with Gasteiger partial charge in [0.15, 0.2) is 0 Å². The van der Waals surface area contributed by atoms with Gasteiger partial charge in [0.25, 0.3) is 5.76 Å². The van der Waals surface area contributed by atoms with Crippen LogP contribution in [0.15, 0.2) is 47.4 Å². The molecule has 20 heavy (non-hydrogen) atoms. The number of aryl methyl sites for hydroxylation is 1. The Hall–Kier alpha value is -1.88. The highest BCUT2D eigenvalue weighted by atomic mass is 32.2. The Kier molecular flexibility index (Phi) is 4.39. The Morgan fingerprint density at radius 1 is 1.15 bits per heavy atom. The second kappa shape index (κ2) is 6.05. The first-order valence-electron chi connectivity index (χ1n) is 5.86. The van der Waals surface area contributed by atoms with Crippen LogP contribution in [-0.2, 0) is 0 Å². The summed E-state index contributed by atoms with van der Waals surface area (Å²) in [6.45, 7) is 1.88. The van der Waals surface area contributed by atoms with Crippen molar-refractivity contribution in [3.05, 3.63) is 53.6 Å². The van der Waals surface area contributed by atoms with E-state index < -0.39 is 11.7 Å². The summed E-state index contributed by atoms with van der Waals surface area (Å²) in [5.41, 5.74) is 2.74. The van der Waals surface area contributed by atoms with E-state index in [2.05, 4.69) is 0 Å². The summed E-state index contributed by atoms with van der Waals surface area (Å²) in [4.78, 5) is 11.5. The minimum Gasteiger partial charge on any atom is -0.478 e. The number of carboxylic acids is 1. The van der Waals surface area contributed by atoms with Gasteiger partial charge in [0, 0.05) is 4.90 Å². The Morgan fingerprint density at radius 2 is 1.80 bits per heavy atom. The number of thioether (sulfide) groups is 1. The first-order valence-corrected chi connectivity index (χ1v) is 6.74. The molecule has 0 aliphatic rings. The van der Waals surface area contributed by atoms with Crippen molar-refractivity contribution in [3.8, 4) is 11.1 Å². The predicted molar refractivity (Wildman–Crippen MR) is 75.4 cm³/mol. The van der Waals surface area contributed by atoms with Gasteiger partial charge in [-0.05, 0) is 47.9 Å². The Labute approximate surface area is 119 Å². The van der Waals surface area contributed by atoms with Crippen molar-refractivity contribution in [2.24, 2.45) is 0 Å². The number of benzene rings is 2. The lowest BCUT2D eigenvalue weighted by Gasteiger charge is -2.08. The number of rotatable bonds is 4. The summed E-state index contributed by atoms with van der Waals surface area (Å²) in [6, 6.07) is 11.5. The molecule has 2 aromatic carbocycles. The van der Waals surface area contributed by atoms with Gasteiger partial charge >= 0.3 is 5.97 Å². The Bertz CT molecular complexity index is 624. The summed E-state index contributed by atoms with van der Waals surface area (Å²) in [6.07, 6.45) is 0. The lowest BCUT2D eigenvalue weighted by atomic mass is 9.98. The molecule has 0 heterocycles. The quantitative estimate of drug-likeness (QED) is 0.832. The highest BCUT2D eigenvalue weighted by molar-refractivity contribution is 7.99. The maximum Gasteiger partial charge on any atom is 0.335 e. The van der Waals surface area contributed by atoms with Gasteiger partial charge in [0.2, 0.25) is 0 Å². The normalized spacial score (nSPS) is 10.8. The van der Waals surface area contributed by atoms with Crippen molar-refractivity contribution in [1.82, 2.24) is 0 Å². The zero-order valence-corrected chi connectivity index (χ0v) is 11.5. The molecule has 1 N–H and O–H groups in total. The fourth-order valence-electron chi connectivity index (χ4n) is 1.88. The smallest absolute Gasteiger partial charge is 0.335 e. The van der Waals surface area contributed by atoms with Crippen LogP contribution in [0.25, 0.3) is 11.1 Å². The number of aromatic carboxylic acids is 1. The maximum atomic E-state index is 12.2. The van der Waals surface area contributed by atoms with E-state index in [0.717, 1.165) is 16.7 Å². The van der Waals surface area contributed by atoms with Gasteiger partial charge in [-0.3, -0.25) is 0 Å². The van der Waals surface area contributed by atoms with Crippen LogP contribution in [0.5, 0.6) is 0 Å². The van der Waals surface area contributed by atoms with Gasteiger partial charge in [-0.2, -0.15) is 8.78 Å². The lowest BCUT2D eigenvalue weighted by Crippen LogP contribution is -1.97. The van der Waals surface area contributed by atoms with Crippen molar-refractivity contribution in [3.63, 3.8) is 0 Å². The molecule has 0 aliphatic heterocycles. The summed E-state index contributed by atoms with van der Waals surface area (Å²) < 4.78 is 24.5. The van der Waals surface area contributed by atoms with Crippen LogP contribution in [0.4, 0.5) is 8.78 Å². The van der Waals surface area contributed by atoms with Crippen molar-refractivity contribution in [1.29, 1.82) is 0 Å². The molecule has 0 aliphatic carbocycles. The number of carboxylic acid groups (broad SMARTS) is 1. The third-order valence-electron chi connectivity index (χ3n) is 2.88. The Morgan fingerprint density at radius 3 is 2.35 bits per heavy atom. The number of halogens is 2. The van der Waals surface area contributed by atoms with Gasteiger partial charge in [0.1, 0.15) is 0 Å². The number of carbonyl (C=O) groups is 1. The molecular weight excluding hydrogens is 282 g/mol. The minimum atomic E-state index is -2.45.